The zero-order valence-corrected chi connectivity index (χ0v) is 11.7. The highest BCUT2D eigenvalue weighted by molar-refractivity contribution is 7.91. The van der Waals surface area contributed by atoms with Gasteiger partial charge in [0.1, 0.15) is 4.21 Å². The van der Waals surface area contributed by atoms with Gasteiger partial charge in [-0.25, -0.2) is 13.1 Å². The van der Waals surface area contributed by atoms with Crippen molar-refractivity contribution in [1.29, 1.82) is 0 Å². The lowest BCUT2D eigenvalue weighted by molar-refractivity contribution is 0.204. The molecule has 0 unspecified atom stereocenters. The molecule has 0 aliphatic heterocycles. The number of nitrogens with one attached hydrogen (secondary N) is 2. The van der Waals surface area contributed by atoms with E-state index >= 15 is 0 Å². The third-order valence-corrected chi connectivity index (χ3v) is 5.09. The molecule has 2 N–H and O–H groups in total. The Balaban J connectivity index is 2.61. The standard InChI is InChI=1S/C10H18N2O3S2/c1-3-11-8-9-4-5-10(16-9)17(13,14)12-6-7-15-2/h4-5,11-12H,3,6-8H2,1-2H3. The minimum Gasteiger partial charge on any atom is -0.383 e. The summed E-state index contributed by atoms with van der Waals surface area (Å²) in [7, 11) is -1.84. The molecule has 0 aromatic carbocycles. The van der Waals surface area contributed by atoms with Crippen LogP contribution in [0.3, 0.4) is 0 Å². The largest absolute Gasteiger partial charge is 0.383 e. The van der Waals surface area contributed by atoms with Crippen LogP contribution in [-0.2, 0) is 21.3 Å². The Kier molecular flexibility index (Phi) is 6.07. The number of methoxy groups -OCH3 is 1. The van der Waals surface area contributed by atoms with Gasteiger partial charge in [0.05, 0.1) is 6.61 Å². The molecule has 0 amide bonds. The van der Waals surface area contributed by atoms with E-state index < -0.39 is 10.0 Å². The van der Waals surface area contributed by atoms with Gasteiger partial charge >= 0.3 is 0 Å². The quantitative estimate of drug-likeness (QED) is 0.690. The van der Waals surface area contributed by atoms with E-state index in [2.05, 4.69) is 10.0 Å². The van der Waals surface area contributed by atoms with Gasteiger partial charge in [0.2, 0.25) is 10.0 Å². The lowest BCUT2D eigenvalue weighted by Gasteiger charge is -2.03. The van der Waals surface area contributed by atoms with E-state index in [1.807, 2.05) is 13.0 Å². The molecule has 0 fully saturated rings. The topological polar surface area (TPSA) is 67.4 Å². The minimum atomic E-state index is -3.38. The van der Waals surface area contributed by atoms with Crippen molar-refractivity contribution in [2.75, 3.05) is 26.8 Å². The fourth-order valence-electron chi connectivity index (χ4n) is 1.20. The predicted octanol–water partition coefficient (Wildman–Crippen LogP) is 0.782. The molecule has 1 aromatic rings. The van der Waals surface area contributed by atoms with E-state index in [4.69, 9.17) is 4.74 Å². The van der Waals surface area contributed by atoms with Crippen molar-refractivity contribution in [3.8, 4) is 0 Å². The highest BCUT2D eigenvalue weighted by Gasteiger charge is 2.15. The fourth-order valence-corrected chi connectivity index (χ4v) is 3.58. The lowest BCUT2D eigenvalue weighted by atomic mass is 10.4. The summed E-state index contributed by atoms with van der Waals surface area (Å²) in [5, 5.41) is 3.16. The van der Waals surface area contributed by atoms with Crippen molar-refractivity contribution in [2.45, 2.75) is 17.7 Å². The summed E-state index contributed by atoms with van der Waals surface area (Å²) in [5.41, 5.74) is 0. The fraction of sp³-hybridized carbons (Fsp3) is 0.600. The van der Waals surface area contributed by atoms with Gasteiger partial charge in [0.15, 0.2) is 0 Å². The van der Waals surface area contributed by atoms with Crippen molar-refractivity contribution in [2.24, 2.45) is 0 Å². The van der Waals surface area contributed by atoms with Gasteiger partial charge in [0.25, 0.3) is 0 Å². The van der Waals surface area contributed by atoms with E-state index in [0.717, 1.165) is 11.4 Å². The zero-order chi connectivity index (χ0) is 12.7. The maximum Gasteiger partial charge on any atom is 0.250 e. The molecule has 0 bridgehead atoms. The van der Waals surface area contributed by atoms with Gasteiger partial charge in [-0.3, -0.25) is 0 Å². The first-order valence-corrected chi connectivity index (χ1v) is 7.68. The molecule has 1 rings (SSSR count). The molecule has 7 heteroatoms. The van der Waals surface area contributed by atoms with E-state index in [1.54, 1.807) is 6.07 Å². The average Bonchev–Trinajstić information content (AvgIpc) is 2.76. The van der Waals surface area contributed by atoms with E-state index in [1.165, 1.54) is 18.4 Å². The molecule has 17 heavy (non-hydrogen) atoms. The molecule has 5 nitrogen and oxygen atoms in total. The molecule has 0 saturated carbocycles. The van der Waals surface area contributed by atoms with Crippen LogP contribution in [0.1, 0.15) is 11.8 Å². The molecule has 0 aliphatic rings. The van der Waals surface area contributed by atoms with Crippen molar-refractivity contribution < 1.29 is 13.2 Å². The second kappa shape index (κ2) is 7.07. The first-order chi connectivity index (χ1) is 8.10. The van der Waals surface area contributed by atoms with Crippen molar-refractivity contribution in [3.05, 3.63) is 17.0 Å². The van der Waals surface area contributed by atoms with E-state index in [9.17, 15) is 8.42 Å². The summed E-state index contributed by atoms with van der Waals surface area (Å²) >= 11 is 1.28. The van der Waals surface area contributed by atoms with Crippen LogP contribution in [0.2, 0.25) is 0 Å². The van der Waals surface area contributed by atoms with E-state index in [0.29, 0.717) is 23.9 Å². The molecule has 1 heterocycles. The Morgan fingerprint density at radius 1 is 1.41 bits per heavy atom. The maximum atomic E-state index is 11.8. The van der Waals surface area contributed by atoms with Crippen LogP contribution in [0.4, 0.5) is 0 Å². The Bertz CT molecular complexity index is 429. The summed E-state index contributed by atoms with van der Waals surface area (Å²) in [6, 6.07) is 3.46. The van der Waals surface area contributed by atoms with Gasteiger partial charge in [-0.1, -0.05) is 6.92 Å². The summed E-state index contributed by atoms with van der Waals surface area (Å²) in [4.78, 5) is 1.01. The molecule has 0 aliphatic carbocycles. The molecular weight excluding hydrogens is 260 g/mol. The van der Waals surface area contributed by atoms with Crippen molar-refractivity contribution in [3.63, 3.8) is 0 Å². The predicted molar refractivity (Wildman–Crippen MR) is 68.8 cm³/mol. The van der Waals surface area contributed by atoms with Crippen molar-refractivity contribution >= 4 is 21.4 Å². The number of ether oxygens (including phenoxy) is 1. The SMILES string of the molecule is CCNCc1ccc(S(=O)(=O)NCCOC)s1. The third kappa shape index (κ3) is 4.72. The monoisotopic (exact) mass is 278 g/mol. The number of hydrogen-bond donors (Lipinski definition) is 2. The average molecular weight is 278 g/mol. The molecule has 0 saturated heterocycles. The second-order valence-electron chi connectivity index (χ2n) is 3.39. The Morgan fingerprint density at radius 3 is 2.82 bits per heavy atom. The van der Waals surface area contributed by atoms with Gasteiger partial charge in [0, 0.05) is 25.1 Å². The molecule has 0 spiro atoms. The van der Waals surface area contributed by atoms with Crippen LogP contribution in [0.15, 0.2) is 16.3 Å². The van der Waals surface area contributed by atoms with Crippen LogP contribution in [0.25, 0.3) is 0 Å². The minimum absolute atomic E-state index is 0.291. The first-order valence-electron chi connectivity index (χ1n) is 5.38. The van der Waals surface area contributed by atoms with Crippen LogP contribution in [-0.4, -0.2) is 35.2 Å². The van der Waals surface area contributed by atoms with Gasteiger partial charge in [-0.2, -0.15) is 0 Å². The van der Waals surface area contributed by atoms with Crippen molar-refractivity contribution in [1.82, 2.24) is 10.0 Å². The molecule has 98 valence electrons. The summed E-state index contributed by atoms with van der Waals surface area (Å²) in [5.74, 6) is 0. The summed E-state index contributed by atoms with van der Waals surface area (Å²) in [6.07, 6.45) is 0. The van der Waals surface area contributed by atoms with Crippen LogP contribution in [0, 0.1) is 0 Å². The van der Waals surface area contributed by atoms with E-state index in [-0.39, 0.29) is 0 Å². The highest BCUT2D eigenvalue weighted by Crippen LogP contribution is 2.21. The molecule has 0 atom stereocenters. The summed E-state index contributed by atoms with van der Waals surface area (Å²) < 4.78 is 31.3. The smallest absolute Gasteiger partial charge is 0.250 e. The first kappa shape index (κ1) is 14.6. The lowest BCUT2D eigenvalue weighted by Crippen LogP contribution is -2.26. The third-order valence-electron chi connectivity index (χ3n) is 2.05. The second-order valence-corrected chi connectivity index (χ2v) is 6.55. The Labute approximate surface area is 106 Å². The van der Waals surface area contributed by atoms with Crippen LogP contribution >= 0.6 is 11.3 Å². The maximum absolute atomic E-state index is 11.8. The van der Waals surface area contributed by atoms with Gasteiger partial charge < -0.3 is 10.1 Å². The normalized spacial score (nSPS) is 11.9. The molecule has 1 aromatic heterocycles. The number of hydrogen-bond acceptors (Lipinski definition) is 5. The summed E-state index contributed by atoms with van der Waals surface area (Å²) in [6.45, 7) is 4.24. The molecule has 0 radical (unpaired) electrons. The number of sulfonamides is 1. The Hall–Kier alpha value is -0.470. The van der Waals surface area contributed by atoms with Gasteiger partial charge in [-0.05, 0) is 18.7 Å². The molecular formula is C10H18N2O3S2. The Morgan fingerprint density at radius 2 is 2.18 bits per heavy atom. The zero-order valence-electron chi connectivity index (χ0n) is 10.0. The van der Waals surface area contributed by atoms with Crippen LogP contribution < -0.4 is 10.0 Å². The highest BCUT2D eigenvalue weighted by atomic mass is 32.2. The van der Waals surface area contributed by atoms with Crippen LogP contribution in [0.5, 0.6) is 0 Å². The number of rotatable bonds is 8. The number of thiophene rings is 1. The van der Waals surface area contributed by atoms with Gasteiger partial charge in [-0.15, -0.1) is 11.3 Å².